The molecular formula is C18H25N. The Kier molecular flexibility index (Phi) is 2.42. The van der Waals surface area contributed by atoms with Gasteiger partial charge in [-0.05, 0) is 86.3 Å². The van der Waals surface area contributed by atoms with Gasteiger partial charge in [0.1, 0.15) is 0 Å². The first-order chi connectivity index (χ1) is 9.09. The van der Waals surface area contributed by atoms with Crippen molar-refractivity contribution in [2.24, 2.45) is 29.4 Å². The number of hydrogen-bond donors (Lipinski definition) is 1. The van der Waals surface area contributed by atoms with Crippen molar-refractivity contribution >= 4 is 0 Å². The van der Waals surface area contributed by atoms with Crippen LogP contribution < -0.4 is 5.73 Å². The maximum atomic E-state index is 7.08. The van der Waals surface area contributed by atoms with E-state index in [2.05, 4.69) is 32.0 Å². The summed E-state index contributed by atoms with van der Waals surface area (Å²) in [5.74, 6) is 3.46. The van der Waals surface area contributed by atoms with Gasteiger partial charge in [-0.1, -0.05) is 18.2 Å². The first kappa shape index (κ1) is 12.0. The van der Waals surface area contributed by atoms with Gasteiger partial charge in [0.15, 0.2) is 0 Å². The van der Waals surface area contributed by atoms with Gasteiger partial charge in [-0.25, -0.2) is 0 Å². The zero-order chi connectivity index (χ0) is 13.2. The molecule has 2 N–H and O–H groups in total. The molecule has 0 radical (unpaired) electrons. The highest BCUT2D eigenvalue weighted by atomic mass is 14.8. The van der Waals surface area contributed by atoms with Crippen molar-refractivity contribution in [3.05, 3.63) is 34.9 Å². The summed E-state index contributed by atoms with van der Waals surface area (Å²) < 4.78 is 0. The second-order valence-corrected chi connectivity index (χ2v) is 7.48. The summed E-state index contributed by atoms with van der Waals surface area (Å²) in [5.41, 5.74) is 11.4. The number of nitrogens with two attached hydrogens (primary N) is 1. The second kappa shape index (κ2) is 3.85. The van der Waals surface area contributed by atoms with Gasteiger partial charge in [0.05, 0.1) is 0 Å². The van der Waals surface area contributed by atoms with E-state index in [-0.39, 0.29) is 5.54 Å². The van der Waals surface area contributed by atoms with Gasteiger partial charge < -0.3 is 5.73 Å². The monoisotopic (exact) mass is 255 g/mol. The molecule has 0 atom stereocenters. The summed E-state index contributed by atoms with van der Waals surface area (Å²) in [4.78, 5) is 0. The van der Waals surface area contributed by atoms with Crippen LogP contribution in [0.1, 0.15) is 48.8 Å². The molecule has 0 aromatic heterocycles. The molecule has 102 valence electrons. The van der Waals surface area contributed by atoms with E-state index in [0.717, 1.165) is 23.7 Å². The summed E-state index contributed by atoms with van der Waals surface area (Å²) in [6.45, 7) is 4.49. The maximum absolute atomic E-state index is 7.08. The van der Waals surface area contributed by atoms with Gasteiger partial charge >= 0.3 is 0 Å². The van der Waals surface area contributed by atoms with Crippen LogP contribution in [0.5, 0.6) is 0 Å². The minimum Gasteiger partial charge on any atom is -0.321 e. The third kappa shape index (κ3) is 1.51. The van der Waals surface area contributed by atoms with Gasteiger partial charge in [-0.3, -0.25) is 0 Å². The van der Waals surface area contributed by atoms with E-state index in [0.29, 0.717) is 0 Å². The molecule has 0 spiro atoms. The Hall–Kier alpha value is -0.820. The Morgan fingerprint density at radius 1 is 0.947 bits per heavy atom. The molecule has 4 aliphatic rings. The van der Waals surface area contributed by atoms with Gasteiger partial charge in [0.2, 0.25) is 0 Å². The normalized spacial score (nSPS) is 43.7. The molecule has 1 heteroatoms. The number of hydrogen-bond acceptors (Lipinski definition) is 1. The summed E-state index contributed by atoms with van der Waals surface area (Å²) in [6, 6.07) is 6.74. The predicted molar refractivity (Wildman–Crippen MR) is 78.8 cm³/mol. The van der Waals surface area contributed by atoms with E-state index in [1.165, 1.54) is 48.8 Å². The zero-order valence-electron chi connectivity index (χ0n) is 12.2. The molecule has 19 heavy (non-hydrogen) atoms. The topological polar surface area (TPSA) is 26.0 Å². The maximum Gasteiger partial charge on any atom is 0.0469 e. The van der Waals surface area contributed by atoms with E-state index in [1.807, 2.05) is 0 Å². The number of aryl methyl sites for hydroxylation is 1. The molecule has 0 unspecified atom stereocenters. The molecular weight excluding hydrogens is 230 g/mol. The van der Waals surface area contributed by atoms with Crippen molar-refractivity contribution in [2.75, 3.05) is 0 Å². The summed E-state index contributed by atoms with van der Waals surface area (Å²) in [7, 11) is 0. The highest BCUT2D eigenvalue weighted by Gasteiger charge is 2.56. The zero-order valence-corrected chi connectivity index (χ0v) is 12.2. The molecule has 1 aromatic rings. The van der Waals surface area contributed by atoms with Gasteiger partial charge in [0.25, 0.3) is 0 Å². The summed E-state index contributed by atoms with van der Waals surface area (Å²) in [5, 5.41) is 0. The molecule has 0 aliphatic heterocycles. The van der Waals surface area contributed by atoms with Gasteiger partial charge in [0, 0.05) is 5.54 Å². The number of rotatable bonds is 1. The highest BCUT2D eigenvalue weighted by molar-refractivity contribution is 5.40. The standard InChI is InChI=1S/C18H25N/c1-11-4-3-5-17(12(11)2)18(19)15-7-13-6-14(9-15)10-16(18)8-13/h3-5,13-16H,6-10,19H2,1-2H3. The fraction of sp³-hybridized carbons (Fsp3) is 0.667. The molecule has 4 bridgehead atoms. The van der Waals surface area contributed by atoms with Crippen molar-refractivity contribution in [2.45, 2.75) is 51.5 Å². The fourth-order valence-corrected chi connectivity index (χ4v) is 5.62. The molecule has 0 amide bonds. The van der Waals surface area contributed by atoms with Crippen LogP contribution in [0.4, 0.5) is 0 Å². The van der Waals surface area contributed by atoms with Crippen LogP contribution in [0.25, 0.3) is 0 Å². The minimum absolute atomic E-state index is 0.0243. The van der Waals surface area contributed by atoms with Crippen LogP contribution in [0, 0.1) is 37.5 Å². The van der Waals surface area contributed by atoms with Gasteiger partial charge in [-0.2, -0.15) is 0 Å². The van der Waals surface area contributed by atoms with Crippen LogP contribution in [0.2, 0.25) is 0 Å². The van der Waals surface area contributed by atoms with Crippen molar-refractivity contribution in [3.8, 4) is 0 Å². The Morgan fingerprint density at radius 3 is 2.11 bits per heavy atom. The SMILES string of the molecule is Cc1cccc(C2(N)C3CC4CC(C3)CC2C4)c1C. The lowest BCUT2D eigenvalue weighted by molar-refractivity contribution is -0.0587. The van der Waals surface area contributed by atoms with Crippen LogP contribution in [0.15, 0.2) is 18.2 Å². The first-order valence-corrected chi connectivity index (χ1v) is 7.94. The van der Waals surface area contributed by atoms with Crippen molar-refractivity contribution in [1.29, 1.82) is 0 Å². The Morgan fingerprint density at radius 2 is 1.53 bits per heavy atom. The van der Waals surface area contributed by atoms with E-state index in [4.69, 9.17) is 5.73 Å². The van der Waals surface area contributed by atoms with Crippen molar-refractivity contribution in [1.82, 2.24) is 0 Å². The van der Waals surface area contributed by atoms with Crippen LogP contribution in [-0.4, -0.2) is 0 Å². The average Bonchev–Trinajstić information content (AvgIpc) is 2.38. The van der Waals surface area contributed by atoms with Crippen LogP contribution in [0.3, 0.4) is 0 Å². The molecule has 0 heterocycles. The lowest BCUT2D eigenvalue weighted by Crippen LogP contribution is -2.60. The third-order valence-corrected chi connectivity index (χ3v) is 6.56. The predicted octanol–water partition coefficient (Wildman–Crippen LogP) is 3.91. The largest absolute Gasteiger partial charge is 0.321 e. The fourth-order valence-electron chi connectivity index (χ4n) is 5.62. The Bertz CT molecular complexity index is 488. The smallest absolute Gasteiger partial charge is 0.0469 e. The van der Waals surface area contributed by atoms with Crippen LogP contribution >= 0.6 is 0 Å². The van der Waals surface area contributed by atoms with Gasteiger partial charge in [-0.15, -0.1) is 0 Å². The lowest BCUT2D eigenvalue weighted by atomic mass is 9.47. The van der Waals surface area contributed by atoms with Crippen molar-refractivity contribution < 1.29 is 0 Å². The van der Waals surface area contributed by atoms with E-state index in [1.54, 1.807) is 0 Å². The van der Waals surface area contributed by atoms with E-state index >= 15 is 0 Å². The Labute approximate surface area is 116 Å². The molecule has 0 saturated heterocycles. The molecule has 4 fully saturated rings. The van der Waals surface area contributed by atoms with Crippen molar-refractivity contribution in [3.63, 3.8) is 0 Å². The highest BCUT2D eigenvalue weighted by Crippen LogP contribution is 2.61. The average molecular weight is 255 g/mol. The third-order valence-electron chi connectivity index (χ3n) is 6.56. The quantitative estimate of drug-likeness (QED) is 0.809. The van der Waals surface area contributed by atoms with E-state index in [9.17, 15) is 0 Å². The molecule has 1 aromatic carbocycles. The minimum atomic E-state index is -0.0243. The first-order valence-electron chi connectivity index (χ1n) is 7.94. The summed E-state index contributed by atoms with van der Waals surface area (Å²) >= 11 is 0. The van der Waals surface area contributed by atoms with E-state index < -0.39 is 0 Å². The molecule has 1 nitrogen and oxygen atoms in total. The Balaban J connectivity index is 1.83. The number of benzene rings is 1. The summed E-state index contributed by atoms with van der Waals surface area (Å²) in [6.07, 6.45) is 7.04. The lowest BCUT2D eigenvalue weighted by Gasteiger charge is -2.60. The molecule has 4 aliphatic carbocycles. The second-order valence-electron chi connectivity index (χ2n) is 7.48. The van der Waals surface area contributed by atoms with Crippen LogP contribution in [-0.2, 0) is 5.54 Å². The molecule has 5 rings (SSSR count). The molecule has 4 saturated carbocycles.